The average molecular weight is 827 g/mol. The molecule has 43 heavy (non-hydrogen) atoms. The Morgan fingerprint density at radius 1 is 0.558 bits per heavy atom. The van der Waals surface area contributed by atoms with Crippen LogP contribution in [0.2, 0.25) is 0 Å². The zero-order chi connectivity index (χ0) is 30.3. The smallest absolute Gasteiger partial charge is 0.128 e. The summed E-state index contributed by atoms with van der Waals surface area (Å²) in [7, 11) is 0. The fraction of sp³-hybridized carbons (Fsp3) is 0.611. The molecule has 0 amide bonds. The van der Waals surface area contributed by atoms with Crippen LogP contribution in [0.3, 0.4) is 0 Å². The predicted molar refractivity (Wildman–Crippen MR) is 199 cm³/mol. The summed E-state index contributed by atoms with van der Waals surface area (Å²) in [5.41, 5.74) is 5.39. The van der Waals surface area contributed by atoms with E-state index in [0.717, 1.165) is 47.9 Å². The van der Waals surface area contributed by atoms with E-state index in [0.29, 0.717) is 11.5 Å². The first kappa shape index (κ1) is 42.1. The number of halogens is 2. The van der Waals surface area contributed by atoms with Gasteiger partial charge in [-0.15, -0.1) is 34.0 Å². The van der Waals surface area contributed by atoms with Crippen LogP contribution in [-0.4, -0.2) is 58.6 Å². The van der Waals surface area contributed by atoms with Crippen molar-refractivity contribution in [2.24, 2.45) is 9.98 Å². The molecule has 0 unspecified atom stereocenters. The van der Waals surface area contributed by atoms with Crippen LogP contribution in [0.1, 0.15) is 142 Å². The van der Waals surface area contributed by atoms with E-state index in [2.05, 4.69) is 107 Å². The number of hydrogen-bond donors (Lipinski definition) is 2. The summed E-state index contributed by atoms with van der Waals surface area (Å²) in [6.45, 7) is 26.0. The molecule has 2 aromatic carbocycles. The number of nitrogens with zero attached hydrogens (tertiary/aromatic N) is 2. The summed E-state index contributed by atoms with van der Waals surface area (Å²) < 4.78 is 0. The summed E-state index contributed by atoms with van der Waals surface area (Å²) in [6, 6.07) is 8.53. The number of phenols is 2. The summed E-state index contributed by atoms with van der Waals surface area (Å²) in [6.07, 6.45) is 7.90. The summed E-state index contributed by atoms with van der Waals surface area (Å²) in [5.74, 6) is 0.637. The van der Waals surface area contributed by atoms with E-state index in [9.17, 15) is 10.2 Å². The van der Waals surface area contributed by atoms with Crippen molar-refractivity contribution in [3.05, 3.63) is 57.6 Å². The van der Waals surface area contributed by atoms with Gasteiger partial charge in [0.15, 0.2) is 0 Å². The molecule has 3 rings (SSSR count). The van der Waals surface area contributed by atoms with Crippen molar-refractivity contribution in [1.29, 1.82) is 0 Å². The molecule has 2 N–H and O–H groups in total. The molecule has 0 spiro atoms. The van der Waals surface area contributed by atoms with Crippen LogP contribution < -0.4 is 0 Å². The zero-order valence-corrected chi connectivity index (χ0v) is 34.8. The van der Waals surface area contributed by atoms with Crippen LogP contribution in [-0.2, 0) is 21.7 Å². The van der Waals surface area contributed by atoms with Crippen molar-refractivity contribution in [3.8, 4) is 11.5 Å². The molecule has 0 aromatic heterocycles. The van der Waals surface area contributed by atoms with Crippen molar-refractivity contribution < 1.29 is 10.2 Å². The normalized spacial score (nSPS) is 18.2. The van der Waals surface area contributed by atoms with E-state index in [4.69, 9.17) is 9.98 Å². The van der Waals surface area contributed by atoms with Crippen molar-refractivity contribution in [2.45, 2.75) is 143 Å². The molecule has 0 aliphatic heterocycles. The number of phenolic OH excluding ortho intramolecular Hbond substituents is 2. The third-order valence-corrected chi connectivity index (χ3v) is 8.13. The molecular weight excluding hydrogens is 771 g/mol. The van der Waals surface area contributed by atoms with Gasteiger partial charge >= 0.3 is 0 Å². The maximum Gasteiger partial charge on any atom is 0.128 e. The third-order valence-electron chi connectivity index (χ3n) is 8.13. The van der Waals surface area contributed by atoms with Crippen molar-refractivity contribution in [3.63, 3.8) is 0 Å². The van der Waals surface area contributed by atoms with Gasteiger partial charge in [-0.25, -0.2) is 0 Å². The van der Waals surface area contributed by atoms with Crippen molar-refractivity contribution >= 4 is 70.3 Å². The van der Waals surface area contributed by atoms with E-state index in [-0.39, 0.29) is 91.6 Å². The molecule has 7 heteroatoms. The van der Waals surface area contributed by atoms with Gasteiger partial charge < -0.3 is 10.2 Å². The average Bonchev–Trinajstić information content (AvgIpc) is 2.80. The topological polar surface area (TPSA) is 65.2 Å². The minimum Gasteiger partial charge on any atom is -0.507 e. The van der Waals surface area contributed by atoms with Crippen LogP contribution in [0.5, 0.6) is 11.5 Å². The largest absolute Gasteiger partial charge is 0.507 e. The molecule has 4 radical (unpaired) electrons. The fourth-order valence-electron chi connectivity index (χ4n) is 5.31. The maximum atomic E-state index is 11.2. The Morgan fingerprint density at radius 3 is 1.12 bits per heavy atom. The summed E-state index contributed by atoms with van der Waals surface area (Å²) >= 11 is 0. The SMILES string of the molecule is Br.Br.CC(C)(C)c1cc(C=N[C@H]2CCCC[C@@H]2N=Cc2cc(C(C)(C)C)cc(C(C)(C)C)c2O)c(O)c(C(C)(C)C)c1.[Sn]. The predicted octanol–water partition coefficient (Wildman–Crippen LogP) is 9.91. The van der Waals surface area contributed by atoms with Gasteiger partial charge in [-0.05, 0) is 57.8 Å². The molecular formula is C36H56Br2N2O2Sn. The Hall–Kier alpha value is -0.861. The maximum absolute atomic E-state index is 11.2. The number of aliphatic imine (C=N–C) groups is 2. The Labute approximate surface area is 300 Å². The number of rotatable bonds is 4. The van der Waals surface area contributed by atoms with E-state index < -0.39 is 0 Å². The molecule has 2 atom stereocenters. The molecule has 0 heterocycles. The van der Waals surface area contributed by atoms with E-state index in [1.54, 1.807) is 0 Å². The van der Waals surface area contributed by atoms with Crippen LogP contribution in [0.4, 0.5) is 0 Å². The van der Waals surface area contributed by atoms with Crippen LogP contribution in [0.15, 0.2) is 34.3 Å². The second-order valence-electron chi connectivity index (χ2n) is 15.9. The second-order valence-corrected chi connectivity index (χ2v) is 15.9. The fourth-order valence-corrected chi connectivity index (χ4v) is 5.31. The van der Waals surface area contributed by atoms with Gasteiger partial charge in [0.25, 0.3) is 0 Å². The molecule has 0 saturated heterocycles. The van der Waals surface area contributed by atoms with Gasteiger partial charge in [0.2, 0.25) is 0 Å². The minimum atomic E-state index is -0.179. The monoisotopic (exact) mass is 826 g/mol. The van der Waals surface area contributed by atoms with Gasteiger partial charge in [0, 0.05) is 58.6 Å². The zero-order valence-electron chi connectivity index (χ0n) is 28.6. The van der Waals surface area contributed by atoms with E-state index in [1.807, 2.05) is 12.4 Å². The minimum absolute atomic E-state index is 0. The standard InChI is InChI=1S/C36H54N2O2.2BrH.Sn/c1-33(2,3)25-17-23(31(39)27(19-25)35(7,8)9)21-37-29-15-13-14-16-30(29)38-22-24-18-26(34(4,5)6)20-28(32(24)40)36(10,11)12;;;/h17-22,29-30,39-40H,13-16H2,1-12H3;2*1H;/t29-,30-;;;/m0.../s1. The van der Waals surface area contributed by atoms with Crippen LogP contribution in [0, 0.1) is 0 Å². The first-order valence-electron chi connectivity index (χ1n) is 15.0. The van der Waals surface area contributed by atoms with Crippen LogP contribution in [0.25, 0.3) is 0 Å². The summed E-state index contributed by atoms with van der Waals surface area (Å²) in [5, 5.41) is 22.5. The Bertz CT molecular complexity index is 1180. The van der Waals surface area contributed by atoms with E-state index >= 15 is 0 Å². The van der Waals surface area contributed by atoms with Gasteiger partial charge in [0.1, 0.15) is 11.5 Å². The third kappa shape index (κ3) is 10.9. The molecule has 2 aromatic rings. The van der Waals surface area contributed by atoms with Crippen LogP contribution >= 0.6 is 34.0 Å². The van der Waals surface area contributed by atoms with E-state index in [1.165, 1.54) is 11.1 Å². The number of benzene rings is 2. The molecule has 1 saturated carbocycles. The van der Waals surface area contributed by atoms with Gasteiger partial charge in [-0.2, -0.15) is 0 Å². The number of aromatic hydroxyl groups is 2. The second kappa shape index (κ2) is 15.6. The van der Waals surface area contributed by atoms with Gasteiger partial charge in [-0.3, -0.25) is 9.98 Å². The van der Waals surface area contributed by atoms with Gasteiger partial charge in [0.05, 0.1) is 12.1 Å². The molecule has 240 valence electrons. The molecule has 1 aliphatic carbocycles. The molecule has 0 bridgehead atoms. The summed E-state index contributed by atoms with van der Waals surface area (Å²) in [4.78, 5) is 10.1. The quantitative estimate of drug-likeness (QED) is 0.238. The van der Waals surface area contributed by atoms with Crippen molar-refractivity contribution in [2.75, 3.05) is 0 Å². The van der Waals surface area contributed by atoms with Crippen molar-refractivity contribution in [1.82, 2.24) is 0 Å². The first-order valence-corrected chi connectivity index (χ1v) is 15.0. The van der Waals surface area contributed by atoms with Gasteiger partial charge in [-0.1, -0.05) is 108 Å². The molecule has 1 fully saturated rings. The Kier molecular flexibility index (Phi) is 15.3. The number of hydrogen-bond acceptors (Lipinski definition) is 4. The molecule has 4 nitrogen and oxygen atoms in total. The Balaban J connectivity index is 0.00000588. The first-order chi connectivity index (χ1) is 18.2. The Morgan fingerprint density at radius 2 is 0.860 bits per heavy atom. The molecule has 1 aliphatic rings.